The lowest BCUT2D eigenvalue weighted by atomic mass is 10.0. The van der Waals surface area contributed by atoms with Gasteiger partial charge in [0.05, 0.1) is 11.0 Å². The van der Waals surface area contributed by atoms with E-state index in [0.29, 0.717) is 5.52 Å². The zero-order valence-corrected chi connectivity index (χ0v) is 16.2. The van der Waals surface area contributed by atoms with Crippen LogP contribution in [-0.4, -0.2) is 45.7 Å². The number of piperidine rings is 1. The molecule has 1 aliphatic rings. The Morgan fingerprint density at radius 3 is 2.97 bits per heavy atom. The molecular weight excluding hydrogens is 371 g/mol. The van der Waals surface area contributed by atoms with E-state index in [0.717, 1.165) is 48.4 Å². The van der Waals surface area contributed by atoms with E-state index in [1.807, 2.05) is 24.3 Å². The molecule has 0 spiro atoms. The van der Waals surface area contributed by atoms with Crippen LogP contribution in [0.2, 0.25) is 0 Å². The van der Waals surface area contributed by atoms with Crippen molar-refractivity contribution in [2.75, 3.05) is 20.1 Å². The number of likely N-dealkylation sites (N-methyl/N-ethyl adjacent to an activating group) is 1. The van der Waals surface area contributed by atoms with Crippen LogP contribution < -0.4 is 5.48 Å². The molecule has 1 aliphatic heterocycles. The molecule has 1 amide bonds. The second-order valence-corrected chi connectivity index (χ2v) is 7.43. The second-order valence-electron chi connectivity index (χ2n) is 7.43. The number of carbonyl (C=O) groups is 1. The third kappa shape index (κ3) is 4.06. The van der Waals surface area contributed by atoms with Crippen LogP contribution in [0.1, 0.15) is 24.4 Å². The fraction of sp³-hybridized carbons (Fsp3) is 0.273. The number of fused-ring (bicyclic) bond motifs is 1. The Bertz CT molecular complexity index is 1080. The number of carbonyl (C=O) groups excluding carboxylic acids is 1. The SMILES string of the molecule is CN1CCC[C@@H](n2c(-c3cccc(/C=C/C(=O)NO)c3)nc3cc(F)ccc32)C1. The van der Waals surface area contributed by atoms with Gasteiger partial charge in [0.1, 0.15) is 11.6 Å². The summed E-state index contributed by atoms with van der Waals surface area (Å²) in [7, 11) is 2.11. The van der Waals surface area contributed by atoms with Crippen LogP contribution in [0, 0.1) is 5.82 Å². The number of rotatable bonds is 4. The quantitative estimate of drug-likeness (QED) is 0.403. The normalized spacial score (nSPS) is 17.8. The predicted octanol–water partition coefficient (Wildman–Crippen LogP) is 3.63. The van der Waals surface area contributed by atoms with E-state index in [2.05, 4.69) is 16.5 Å². The maximum absolute atomic E-state index is 13.8. The number of hydrogen-bond donors (Lipinski definition) is 2. The first kappa shape index (κ1) is 19.3. The number of hydrogen-bond acceptors (Lipinski definition) is 4. The molecule has 0 bridgehead atoms. The van der Waals surface area contributed by atoms with E-state index in [-0.39, 0.29) is 11.9 Å². The van der Waals surface area contributed by atoms with Crippen molar-refractivity contribution in [3.05, 3.63) is 59.9 Å². The number of amides is 1. The second kappa shape index (κ2) is 8.14. The van der Waals surface area contributed by atoms with Gasteiger partial charge in [0.2, 0.25) is 0 Å². The Morgan fingerprint density at radius 1 is 1.31 bits per heavy atom. The third-order valence-electron chi connectivity index (χ3n) is 5.30. The van der Waals surface area contributed by atoms with Crippen molar-refractivity contribution < 1.29 is 14.4 Å². The molecule has 0 radical (unpaired) electrons. The number of likely N-dealkylation sites (tertiary alicyclic amines) is 1. The van der Waals surface area contributed by atoms with E-state index in [1.54, 1.807) is 17.6 Å². The Kier molecular flexibility index (Phi) is 5.42. The summed E-state index contributed by atoms with van der Waals surface area (Å²) in [6.07, 6.45) is 5.01. The monoisotopic (exact) mass is 394 g/mol. The van der Waals surface area contributed by atoms with Crippen LogP contribution in [0.4, 0.5) is 4.39 Å². The van der Waals surface area contributed by atoms with E-state index < -0.39 is 5.91 Å². The van der Waals surface area contributed by atoms with Gasteiger partial charge in [0, 0.05) is 30.3 Å². The molecule has 4 rings (SSSR count). The van der Waals surface area contributed by atoms with Gasteiger partial charge in [0.15, 0.2) is 0 Å². The lowest BCUT2D eigenvalue weighted by Crippen LogP contribution is -2.33. The Labute approximate surface area is 168 Å². The number of imidazole rings is 1. The van der Waals surface area contributed by atoms with Gasteiger partial charge in [-0.3, -0.25) is 10.0 Å². The van der Waals surface area contributed by atoms with Crippen LogP contribution in [0.25, 0.3) is 28.5 Å². The van der Waals surface area contributed by atoms with E-state index in [4.69, 9.17) is 10.2 Å². The summed E-state index contributed by atoms with van der Waals surface area (Å²) in [6.45, 7) is 1.98. The highest BCUT2D eigenvalue weighted by Crippen LogP contribution is 2.33. The molecular formula is C22H23FN4O2. The number of hydroxylamine groups is 1. The van der Waals surface area contributed by atoms with E-state index in [1.165, 1.54) is 18.2 Å². The minimum atomic E-state index is -0.594. The van der Waals surface area contributed by atoms with Crippen LogP contribution in [0.3, 0.4) is 0 Å². The molecule has 29 heavy (non-hydrogen) atoms. The van der Waals surface area contributed by atoms with Crippen molar-refractivity contribution in [3.63, 3.8) is 0 Å². The average molecular weight is 394 g/mol. The minimum absolute atomic E-state index is 0.249. The Morgan fingerprint density at radius 2 is 2.17 bits per heavy atom. The van der Waals surface area contributed by atoms with Gasteiger partial charge in [-0.25, -0.2) is 14.9 Å². The number of aromatic nitrogens is 2. The predicted molar refractivity (Wildman–Crippen MR) is 110 cm³/mol. The number of nitrogens with zero attached hydrogens (tertiary/aromatic N) is 3. The Hall–Kier alpha value is -3.03. The van der Waals surface area contributed by atoms with E-state index >= 15 is 0 Å². The molecule has 1 fully saturated rings. The van der Waals surface area contributed by atoms with Crippen LogP contribution in [-0.2, 0) is 4.79 Å². The maximum Gasteiger partial charge on any atom is 0.267 e. The van der Waals surface area contributed by atoms with Crippen molar-refractivity contribution in [3.8, 4) is 11.4 Å². The van der Waals surface area contributed by atoms with E-state index in [9.17, 15) is 9.18 Å². The van der Waals surface area contributed by atoms with Crippen molar-refractivity contribution in [1.29, 1.82) is 0 Å². The zero-order chi connectivity index (χ0) is 20.4. The summed E-state index contributed by atoms with van der Waals surface area (Å²) in [5.74, 6) is -0.114. The molecule has 0 unspecified atom stereocenters. The smallest absolute Gasteiger partial charge is 0.267 e. The number of halogens is 1. The lowest BCUT2D eigenvalue weighted by molar-refractivity contribution is -0.124. The van der Waals surface area contributed by atoms with Gasteiger partial charge in [-0.15, -0.1) is 0 Å². The Balaban J connectivity index is 1.82. The standard InChI is InChI=1S/C22H23FN4O2/c1-26-11-3-6-18(14-26)27-20-9-8-17(23)13-19(20)24-22(27)16-5-2-4-15(12-16)7-10-21(28)25-29/h2,4-5,7-10,12-13,18,29H,3,6,11,14H2,1H3,(H,25,28)/b10-7+/t18-/m1/s1. The maximum atomic E-state index is 13.8. The highest BCUT2D eigenvalue weighted by Gasteiger charge is 2.24. The fourth-order valence-corrected chi connectivity index (χ4v) is 3.99. The molecule has 2 aromatic carbocycles. The molecule has 0 saturated carbocycles. The van der Waals surface area contributed by atoms with Gasteiger partial charge in [-0.1, -0.05) is 18.2 Å². The van der Waals surface area contributed by atoms with Gasteiger partial charge in [-0.05, 0) is 56.3 Å². The molecule has 1 saturated heterocycles. The van der Waals surface area contributed by atoms with Crippen LogP contribution in [0.15, 0.2) is 48.5 Å². The first-order chi connectivity index (χ1) is 14.0. The minimum Gasteiger partial charge on any atom is -0.320 e. The summed E-state index contributed by atoms with van der Waals surface area (Å²) in [4.78, 5) is 18.3. The first-order valence-corrected chi connectivity index (χ1v) is 9.64. The third-order valence-corrected chi connectivity index (χ3v) is 5.30. The molecule has 0 aliphatic carbocycles. The fourth-order valence-electron chi connectivity index (χ4n) is 3.99. The molecule has 1 aromatic heterocycles. The summed E-state index contributed by atoms with van der Waals surface area (Å²) < 4.78 is 16.0. The molecule has 150 valence electrons. The molecule has 3 aromatic rings. The van der Waals surface area contributed by atoms with Gasteiger partial charge < -0.3 is 9.47 Å². The topological polar surface area (TPSA) is 70.4 Å². The largest absolute Gasteiger partial charge is 0.320 e. The van der Waals surface area contributed by atoms with Gasteiger partial charge >= 0.3 is 0 Å². The highest BCUT2D eigenvalue weighted by atomic mass is 19.1. The molecule has 1 atom stereocenters. The number of benzene rings is 2. The van der Waals surface area contributed by atoms with Crippen molar-refractivity contribution >= 4 is 23.0 Å². The summed E-state index contributed by atoms with van der Waals surface area (Å²) in [5.41, 5.74) is 4.82. The van der Waals surface area contributed by atoms with Crippen molar-refractivity contribution in [2.45, 2.75) is 18.9 Å². The molecule has 7 heteroatoms. The van der Waals surface area contributed by atoms with Crippen molar-refractivity contribution in [2.24, 2.45) is 0 Å². The van der Waals surface area contributed by atoms with Crippen LogP contribution in [0.5, 0.6) is 0 Å². The van der Waals surface area contributed by atoms with Crippen molar-refractivity contribution in [1.82, 2.24) is 19.9 Å². The summed E-state index contributed by atoms with van der Waals surface area (Å²) in [5, 5.41) is 8.65. The summed E-state index contributed by atoms with van der Waals surface area (Å²) in [6, 6.07) is 12.6. The van der Waals surface area contributed by atoms with Crippen LogP contribution >= 0.6 is 0 Å². The zero-order valence-electron chi connectivity index (χ0n) is 16.2. The first-order valence-electron chi connectivity index (χ1n) is 9.64. The van der Waals surface area contributed by atoms with Gasteiger partial charge in [-0.2, -0.15) is 0 Å². The molecule has 2 N–H and O–H groups in total. The molecule has 6 nitrogen and oxygen atoms in total. The number of nitrogens with one attached hydrogen (secondary N) is 1. The highest BCUT2D eigenvalue weighted by molar-refractivity contribution is 5.91. The van der Waals surface area contributed by atoms with Gasteiger partial charge in [0.25, 0.3) is 5.91 Å². The average Bonchev–Trinajstić information content (AvgIpc) is 3.10. The summed E-state index contributed by atoms with van der Waals surface area (Å²) >= 11 is 0. The molecule has 2 heterocycles. The lowest BCUT2D eigenvalue weighted by Gasteiger charge is -2.32.